The monoisotopic (exact) mass is 196 g/mol. The van der Waals surface area contributed by atoms with E-state index in [0.717, 1.165) is 0 Å². The van der Waals surface area contributed by atoms with Gasteiger partial charge in [0.25, 0.3) is 0 Å². The Bertz CT molecular complexity index is 275. The molecule has 0 saturated carbocycles. The Morgan fingerprint density at radius 1 is 1.57 bits per heavy atom. The number of aliphatic hydroxyl groups excluding tert-OH is 1. The summed E-state index contributed by atoms with van der Waals surface area (Å²) in [5, 5.41) is 9.53. The second-order valence-electron chi connectivity index (χ2n) is 3.89. The van der Waals surface area contributed by atoms with Crippen molar-refractivity contribution in [2.45, 2.75) is 32.8 Å². The maximum atomic E-state index is 11.4. The lowest BCUT2D eigenvalue weighted by Crippen LogP contribution is -2.15. The SMILES string of the molecule is CC(C)C[C@@H](O)CC(=O)c1ccco1. The van der Waals surface area contributed by atoms with Gasteiger partial charge in [-0.05, 0) is 24.5 Å². The van der Waals surface area contributed by atoms with Gasteiger partial charge in [-0.3, -0.25) is 4.79 Å². The molecule has 0 radical (unpaired) electrons. The number of rotatable bonds is 5. The summed E-state index contributed by atoms with van der Waals surface area (Å²) in [6.07, 6.45) is 1.69. The third kappa shape index (κ3) is 3.34. The largest absolute Gasteiger partial charge is 0.461 e. The lowest BCUT2D eigenvalue weighted by Gasteiger charge is -2.10. The van der Waals surface area contributed by atoms with Crippen LogP contribution in [0.3, 0.4) is 0 Å². The van der Waals surface area contributed by atoms with Crippen LogP contribution in [0.5, 0.6) is 0 Å². The number of carbonyl (C=O) groups excluding carboxylic acids is 1. The quantitative estimate of drug-likeness (QED) is 0.735. The molecule has 0 aromatic carbocycles. The van der Waals surface area contributed by atoms with Crippen LogP contribution >= 0.6 is 0 Å². The van der Waals surface area contributed by atoms with Gasteiger partial charge in [0.05, 0.1) is 12.4 Å². The number of hydrogen-bond donors (Lipinski definition) is 1. The van der Waals surface area contributed by atoms with E-state index in [-0.39, 0.29) is 12.2 Å². The average molecular weight is 196 g/mol. The molecule has 14 heavy (non-hydrogen) atoms. The van der Waals surface area contributed by atoms with Crippen LogP contribution in [0, 0.1) is 5.92 Å². The van der Waals surface area contributed by atoms with Gasteiger partial charge in [0, 0.05) is 6.42 Å². The van der Waals surface area contributed by atoms with Crippen molar-refractivity contribution in [3.8, 4) is 0 Å². The molecule has 3 nitrogen and oxygen atoms in total. The first-order chi connectivity index (χ1) is 6.59. The highest BCUT2D eigenvalue weighted by Gasteiger charge is 2.15. The van der Waals surface area contributed by atoms with Gasteiger partial charge in [-0.2, -0.15) is 0 Å². The summed E-state index contributed by atoms with van der Waals surface area (Å²) in [5.74, 6) is 0.588. The van der Waals surface area contributed by atoms with Crippen LogP contribution < -0.4 is 0 Å². The lowest BCUT2D eigenvalue weighted by molar-refractivity contribution is 0.0821. The van der Waals surface area contributed by atoms with Crippen molar-refractivity contribution in [3.63, 3.8) is 0 Å². The first-order valence-electron chi connectivity index (χ1n) is 4.84. The van der Waals surface area contributed by atoms with E-state index in [1.807, 2.05) is 13.8 Å². The molecule has 0 aliphatic carbocycles. The van der Waals surface area contributed by atoms with Crippen molar-refractivity contribution >= 4 is 5.78 Å². The van der Waals surface area contributed by atoms with Gasteiger partial charge in [-0.25, -0.2) is 0 Å². The molecule has 1 rings (SSSR count). The van der Waals surface area contributed by atoms with E-state index in [0.29, 0.717) is 18.1 Å². The van der Waals surface area contributed by atoms with Crippen LogP contribution in [0.1, 0.15) is 37.2 Å². The first-order valence-corrected chi connectivity index (χ1v) is 4.84. The van der Waals surface area contributed by atoms with E-state index in [2.05, 4.69) is 0 Å². The highest BCUT2D eigenvalue weighted by molar-refractivity contribution is 5.93. The number of furan rings is 1. The second kappa shape index (κ2) is 4.96. The summed E-state index contributed by atoms with van der Waals surface area (Å²) < 4.78 is 4.94. The zero-order valence-electron chi connectivity index (χ0n) is 8.56. The highest BCUT2D eigenvalue weighted by atomic mass is 16.3. The molecule has 0 aliphatic rings. The van der Waals surface area contributed by atoms with Crippen molar-refractivity contribution in [1.82, 2.24) is 0 Å². The van der Waals surface area contributed by atoms with Gasteiger partial charge < -0.3 is 9.52 Å². The molecule has 0 spiro atoms. The van der Waals surface area contributed by atoms with Crippen LogP contribution in [0.25, 0.3) is 0 Å². The number of aliphatic hydroxyl groups is 1. The Hall–Kier alpha value is -1.09. The Balaban J connectivity index is 2.41. The molecule has 3 heteroatoms. The fraction of sp³-hybridized carbons (Fsp3) is 0.545. The molecule has 1 atom stereocenters. The summed E-state index contributed by atoms with van der Waals surface area (Å²) in [4.78, 5) is 11.4. The Morgan fingerprint density at radius 3 is 2.79 bits per heavy atom. The third-order valence-corrected chi connectivity index (χ3v) is 1.96. The van der Waals surface area contributed by atoms with Crippen LogP contribution in [-0.4, -0.2) is 17.0 Å². The molecule has 0 saturated heterocycles. The van der Waals surface area contributed by atoms with E-state index in [1.54, 1.807) is 12.1 Å². The second-order valence-corrected chi connectivity index (χ2v) is 3.89. The third-order valence-electron chi connectivity index (χ3n) is 1.96. The molecule has 0 bridgehead atoms. The van der Waals surface area contributed by atoms with E-state index in [9.17, 15) is 9.90 Å². The highest BCUT2D eigenvalue weighted by Crippen LogP contribution is 2.11. The standard InChI is InChI=1S/C11H16O3/c1-8(2)6-9(12)7-10(13)11-4-3-5-14-11/h3-5,8-9,12H,6-7H2,1-2H3/t9-/m1/s1. The molecule has 0 unspecified atom stereocenters. The van der Waals surface area contributed by atoms with Gasteiger partial charge in [0.15, 0.2) is 5.76 Å². The average Bonchev–Trinajstić information content (AvgIpc) is 2.53. The van der Waals surface area contributed by atoms with Crippen LogP contribution in [0.4, 0.5) is 0 Å². The molecule has 1 aromatic rings. The van der Waals surface area contributed by atoms with Gasteiger partial charge in [-0.1, -0.05) is 13.8 Å². The lowest BCUT2D eigenvalue weighted by atomic mass is 10.0. The molecule has 1 heterocycles. The Kier molecular flexibility index (Phi) is 3.89. The van der Waals surface area contributed by atoms with Crippen molar-refractivity contribution in [2.75, 3.05) is 0 Å². The van der Waals surface area contributed by atoms with Gasteiger partial charge in [0.1, 0.15) is 0 Å². The molecule has 1 aromatic heterocycles. The maximum Gasteiger partial charge on any atom is 0.200 e. The molecular weight excluding hydrogens is 180 g/mol. The van der Waals surface area contributed by atoms with Crippen molar-refractivity contribution in [3.05, 3.63) is 24.2 Å². The normalized spacial score (nSPS) is 13.1. The number of Topliss-reactive ketones (excluding diaryl/α,β-unsaturated/α-hetero) is 1. The summed E-state index contributed by atoms with van der Waals surface area (Å²) in [6, 6.07) is 3.28. The smallest absolute Gasteiger partial charge is 0.200 e. The first kappa shape index (κ1) is 11.0. The number of carbonyl (C=O) groups is 1. The molecule has 0 fully saturated rings. The van der Waals surface area contributed by atoms with E-state index in [1.165, 1.54) is 6.26 Å². The zero-order chi connectivity index (χ0) is 10.6. The predicted molar refractivity (Wildman–Crippen MR) is 53.1 cm³/mol. The van der Waals surface area contributed by atoms with Crippen molar-refractivity contribution < 1.29 is 14.3 Å². The molecule has 0 amide bonds. The minimum atomic E-state index is -0.562. The fourth-order valence-corrected chi connectivity index (χ4v) is 1.38. The summed E-state index contributed by atoms with van der Waals surface area (Å²) in [5.41, 5.74) is 0. The molecular formula is C11H16O3. The van der Waals surface area contributed by atoms with Gasteiger partial charge in [-0.15, -0.1) is 0 Å². The zero-order valence-corrected chi connectivity index (χ0v) is 8.56. The molecule has 1 N–H and O–H groups in total. The van der Waals surface area contributed by atoms with Crippen LogP contribution in [0.15, 0.2) is 22.8 Å². The van der Waals surface area contributed by atoms with Crippen LogP contribution in [-0.2, 0) is 0 Å². The van der Waals surface area contributed by atoms with Crippen molar-refractivity contribution in [2.24, 2.45) is 5.92 Å². The minimum absolute atomic E-state index is 0.136. The Labute approximate surface area is 83.7 Å². The maximum absolute atomic E-state index is 11.4. The molecule has 78 valence electrons. The summed E-state index contributed by atoms with van der Waals surface area (Å²) >= 11 is 0. The molecule has 0 aliphatic heterocycles. The van der Waals surface area contributed by atoms with E-state index in [4.69, 9.17) is 4.42 Å². The summed E-state index contributed by atoms with van der Waals surface area (Å²) in [6.45, 7) is 4.03. The van der Waals surface area contributed by atoms with E-state index < -0.39 is 6.10 Å². The fourth-order valence-electron chi connectivity index (χ4n) is 1.38. The Morgan fingerprint density at radius 2 is 2.29 bits per heavy atom. The van der Waals surface area contributed by atoms with E-state index >= 15 is 0 Å². The van der Waals surface area contributed by atoms with Crippen molar-refractivity contribution in [1.29, 1.82) is 0 Å². The number of ketones is 1. The summed E-state index contributed by atoms with van der Waals surface area (Å²) in [7, 11) is 0. The van der Waals surface area contributed by atoms with Gasteiger partial charge in [0.2, 0.25) is 5.78 Å². The topological polar surface area (TPSA) is 50.4 Å². The van der Waals surface area contributed by atoms with Crippen LogP contribution in [0.2, 0.25) is 0 Å². The predicted octanol–water partition coefficient (Wildman–Crippen LogP) is 2.26. The number of hydrogen-bond acceptors (Lipinski definition) is 3. The van der Waals surface area contributed by atoms with Gasteiger partial charge >= 0.3 is 0 Å². The minimum Gasteiger partial charge on any atom is -0.461 e.